The van der Waals surface area contributed by atoms with E-state index < -0.39 is 12.0 Å². The van der Waals surface area contributed by atoms with Crippen molar-refractivity contribution in [3.8, 4) is 0 Å². The molecule has 6 heteroatoms. The van der Waals surface area contributed by atoms with Crippen molar-refractivity contribution < 1.29 is 13.2 Å². The van der Waals surface area contributed by atoms with E-state index >= 15 is 0 Å². The van der Waals surface area contributed by atoms with Crippen molar-refractivity contribution in [3.05, 3.63) is 65.5 Å². The van der Waals surface area contributed by atoms with E-state index in [4.69, 9.17) is 0 Å². The number of halogens is 3. The lowest BCUT2D eigenvalue weighted by molar-refractivity contribution is -0.147. The minimum absolute atomic E-state index is 0.229. The molecule has 0 aliphatic carbocycles. The highest BCUT2D eigenvalue weighted by atomic mass is 19.4. The third-order valence-electron chi connectivity index (χ3n) is 5.54. The Morgan fingerprint density at radius 2 is 1.79 bits per heavy atom. The molecule has 1 fully saturated rings. The number of aryl methyl sites for hydroxylation is 1. The number of hydrogen-bond donors (Lipinski definition) is 0. The Hall–Kier alpha value is -2.34. The summed E-state index contributed by atoms with van der Waals surface area (Å²) < 4.78 is 41.8. The lowest BCUT2D eigenvalue weighted by Crippen LogP contribution is -2.35. The van der Waals surface area contributed by atoms with Gasteiger partial charge in [-0.25, -0.2) is 4.98 Å². The van der Waals surface area contributed by atoms with Gasteiger partial charge in [-0.3, -0.25) is 4.90 Å². The number of likely N-dealkylation sites (tertiary alicyclic amines) is 1. The largest absolute Gasteiger partial charge is 0.449 e. The Labute approximate surface area is 162 Å². The van der Waals surface area contributed by atoms with Gasteiger partial charge in [-0.1, -0.05) is 42.0 Å². The van der Waals surface area contributed by atoms with Crippen LogP contribution < -0.4 is 0 Å². The Morgan fingerprint density at radius 3 is 2.50 bits per heavy atom. The van der Waals surface area contributed by atoms with Gasteiger partial charge in [-0.15, -0.1) is 0 Å². The van der Waals surface area contributed by atoms with Crippen molar-refractivity contribution in [2.24, 2.45) is 5.92 Å². The molecular weight excluding hydrogens is 363 g/mol. The van der Waals surface area contributed by atoms with Crippen molar-refractivity contribution in [2.45, 2.75) is 39.0 Å². The number of hydrogen-bond acceptors (Lipinski definition) is 2. The second-order valence-corrected chi connectivity index (χ2v) is 7.74. The van der Waals surface area contributed by atoms with Crippen LogP contribution in [-0.2, 0) is 19.3 Å². The summed E-state index contributed by atoms with van der Waals surface area (Å²) in [5.74, 6) is -0.552. The topological polar surface area (TPSA) is 21.1 Å². The molecule has 2 heterocycles. The number of aromatic nitrogens is 2. The first-order valence-corrected chi connectivity index (χ1v) is 9.70. The maximum atomic E-state index is 13.5. The van der Waals surface area contributed by atoms with Gasteiger partial charge >= 0.3 is 6.18 Å². The summed E-state index contributed by atoms with van der Waals surface area (Å²) in [4.78, 5) is 6.25. The fourth-order valence-electron chi connectivity index (χ4n) is 4.13. The van der Waals surface area contributed by atoms with Crippen LogP contribution in [0.2, 0.25) is 0 Å². The predicted octanol–water partition coefficient (Wildman–Crippen LogP) is 5.28. The van der Waals surface area contributed by atoms with Crippen LogP contribution >= 0.6 is 0 Å². The monoisotopic (exact) mass is 387 g/mol. The van der Waals surface area contributed by atoms with Gasteiger partial charge in [0.05, 0.1) is 11.0 Å². The van der Waals surface area contributed by atoms with Crippen molar-refractivity contribution in [1.29, 1.82) is 0 Å². The van der Waals surface area contributed by atoms with Gasteiger partial charge in [0.15, 0.2) is 0 Å². The van der Waals surface area contributed by atoms with E-state index in [-0.39, 0.29) is 5.92 Å². The van der Waals surface area contributed by atoms with Crippen molar-refractivity contribution in [1.82, 2.24) is 14.5 Å². The minimum atomic E-state index is -4.44. The molecule has 0 amide bonds. The molecular formula is C22H24F3N3. The summed E-state index contributed by atoms with van der Waals surface area (Å²) in [6.45, 7) is 5.17. The van der Waals surface area contributed by atoms with Crippen LogP contribution in [0.15, 0.2) is 48.5 Å². The quantitative estimate of drug-likeness (QED) is 0.608. The molecule has 1 saturated heterocycles. The molecule has 3 aromatic rings. The smallest absolute Gasteiger partial charge is 0.320 e. The van der Waals surface area contributed by atoms with Crippen LogP contribution in [-0.4, -0.2) is 27.5 Å². The van der Waals surface area contributed by atoms with E-state index in [2.05, 4.69) is 41.1 Å². The minimum Gasteiger partial charge on any atom is -0.320 e. The summed E-state index contributed by atoms with van der Waals surface area (Å²) in [5, 5.41) is 0. The number of rotatable bonds is 4. The number of imidazole rings is 1. The van der Waals surface area contributed by atoms with E-state index in [9.17, 15) is 13.2 Å². The molecule has 0 radical (unpaired) electrons. The molecule has 3 nitrogen and oxygen atoms in total. The normalized spacial score (nSPS) is 16.7. The molecule has 0 N–H and O–H groups in total. The number of para-hydroxylation sites is 2. The van der Waals surface area contributed by atoms with E-state index in [1.165, 1.54) is 15.7 Å². The van der Waals surface area contributed by atoms with Gasteiger partial charge in [-0.05, 0) is 56.5 Å². The number of fused-ring (bicyclic) bond motifs is 1. The van der Waals surface area contributed by atoms with Crippen molar-refractivity contribution in [2.75, 3.05) is 13.1 Å². The zero-order chi connectivity index (χ0) is 19.7. The highest BCUT2D eigenvalue weighted by Crippen LogP contribution is 2.33. The van der Waals surface area contributed by atoms with Crippen LogP contribution in [0.25, 0.3) is 11.0 Å². The standard InChI is InChI=1S/C22H24F3N3/c1-16-5-4-6-18(13-16)14-27-11-9-17(10-12-27)15-28-20-8-3-2-7-19(20)26-21(28)22(23,24)25/h2-8,13,17H,9-12,14-15H2,1H3. The zero-order valence-electron chi connectivity index (χ0n) is 15.9. The van der Waals surface area contributed by atoms with E-state index in [1.807, 2.05) is 0 Å². The third-order valence-corrected chi connectivity index (χ3v) is 5.54. The van der Waals surface area contributed by atoms with Gasteiger partial charge in [0.25, 0.3) is 0 Å². The van der Waals surface area contributed by atoms with Gasteiger partial charge in [0.1, 0.15) is 0 Å². The third kappa shape index (κ3) is 4.07. The maximum Gasteiger partial charge on any atom is 0.449 e. The van der Waals surface area contributed by atoms with E-state index in [0.29, 0.717) is 17.6 Å². The van der Waals surface area contributed by atoms with Gasteiger partial charge < -0.3 is 4.57 Å². The predicted molar refractivity (Wildman–Crippen MR) is 104 cm³/mol. The fraction of sp³-hybridized carbons (Fsp3) is 0.409. The average Bonchev–Trinajstić information content (AvgIpc) is 3.02. The van der Waals surface area contributed by atoms with E-state index in [0.717, 1.165) is 32.5 Å². The number of piperidine rings is 1. The number of nitrogens with zero attached hydrogens (tertiary/aromatic N) is 3. The lowest BCUT2D eigenvalue weighted by Gasteiger charge is -2.32. The summed E-state index contributed by atoms with van der Waals surface area (Å²) >= 11 is 0. The molecule has 1 aliphatic rings. The summed E-state index contributed by atoms with van der Waals surface area (Å²) in [5.41, 5.74) is 3.51. The first-order chi connectivity index (χ1) is 13.4. The molecule has 1 aliphatic heterocycles. The van der Waals surface area contributed by atoms with Crippen molar-refractivity contribution in [3.63, 3.8) is 0 Å². The molecule has 0 bridgehead atoms. The fourth-order valence-corrected chi connectivity index (χ4v) is 4.13. The summed E-state index contributed by atoms with van der Waals surface area (Å²) in [6, 6.07) is 15.3. The van der Waals surface area contributed by atoms with Gasteiger partial charge in [-0.2, -0.15) is 13.2 Å². The maximum absolute atomic E-state index is 13.5. The molecule has 4 rings (SSSR count). The molecule has 1 aromatic heterocycles. The molecule has 0 atom stereocenters. The molecule has 0 unspecified atom stereocenters. The number of benzene rings is 2. The molecule has 28 heavy (non-hydrogen) atoms. The van der Waals surface area contributed by atoms with Crippen LogP contribution in [0.3, 0.4) is 0 Å². The van der Waals surface area contributed by atoms with Crippen LogP contribution in [0.1, 0.15) is 29.8 Å². The lowest BCUT2D eigenvalue weighted by atomic mass is 9.96. The van der Waals surface area contributed by atoms with Gasteiger partial charge in [0.2, 0.25) is 5.82 Å². The molecule has 0 spiro atoms. The zero-order valence-corrected chi connectivity index (χ0v) is 15.9. The van der Waals surface area contributed by atoms with E-state index in [1.54, 1.807) is 24.3 Å². The Kier molecular flexibility index (Phi) is 5.15. The van der Waals surface area contributed by atoms with Crippen molar-refractivity contribution >= 4 is 11.0 Å². The molecule has 148 valence electrons. The highest BCUT2D eigenvalue weighted by molar-refractivity contribution is 5.76. The summed E-state index contributed by atoms with van der Waals surface area (Å²) in [7, 11) is 0. The SMILES string of the molecule is Cc1cccc(CN2CCC(Cn3c(C(F)(F)F)nc4ccccc43)CC2)c1. The first-order valence-electron chi connectivity index (χ1n) is 9.70. The van der Waals surface area contributed by atoms with Gasteiger partial charge in [0, 0.05) is 13.1 Å². The second kappa shape index (κ2) is 7.59. The Morgan fingerprint density at radius 1 is 1.04 bits per heavy atom. The van der Waals surface area contributed by atoms with Crippen LogP contribution in [0, 0.1) is 12.8 Å². The van der Waals surface area contributed by atoms with Crippen LogP contribution in [0.4, 0.5) is 13.2 Å². The molecule has 2 aromatic carbocycles. The first kappa shape index (κ1) is 19.0. The van der Waals surface area contributed by atoms with Crippen LogP contribution in [0.5, 0.6) is 0 Å². The molecule has 0 saturated carbocycles. The number of alkyl halides is 3. The highest BCUT2D eigenvalue weighted by Gasteiger charge is 2.38. The average molecular weight is 387 g/mol. The Balaban J connectivity index is 1.45. The summed E-state index contributed by atoms with van der Waals surface area (Å²) in [6.07, 6.45) is -2.64. The second-order valence-electron chi connectivity index (χ2n) is 7.74. The Bertz CT molecular complexity index is 953.